The van der Waals surface area contributed by atoms with Crippen LogP contribution < -0.4 is 0 Å². The molecule has 0 aliphatic rings. The molecule has 0 saturated carbocycles. The van der Waals surface area contributed by atoms with Gasteiger partial charge in [-0.25, -0.2) is 0 Å². The largest absolute Gasteiger partial charge is 0.261 e. The van der Waals surface area contributed by atoms with Gasteiger partial charge in [-0.15, -0.1) is 0 Å². The second kappa shape index (κ2) is 8.22. The molecule has 0 aromatic heterocycles. The van der Waals surface area contributed by atoms with Gasteiger partial charge in [0.15, 0.2) is 0 Å². The quantitative estimate of drug-likeness (QED) is 0.462. The number of rotatable bonds is 5. The van der Waals surface area contributed by atoms with Crippen molar-refractivity contribution in [2.45, 2.75) is 41.0 Å². The number of allylic oxidation sites excluding steroid dienone is 5. The smallest absolute Gasteiger partial charge is 0.0435 e. The molecule has 0 fully saturated rings. The van der Waals surface area contributed by atoms with Crippen molar-refractivity contribution in [2.75, 3.05) is 0 Å². The van der Waals surface area contributed by atoms with E-state index in [0.717, 1.165) is 6.42 Å². The summed E-state index contributed by atoms with van der Waals surface area (Å²) in [5.41, 5.74) is 2.51. The fourth-order valence-corrected chi connectivity index (χ4v) is 1.36. The molecule has 1 heteroatoms. The summed E-state index contributed by atoms with van der Waals surface area (Å²) < 4.78 is 0. The highest BCUT2D eigenvalue weighted by Gasteiger charge is 2.07. The second-order valence-corrected chi connectivity index (χ2v) is 3.71. The van der Waals surface area contributed by atoms with Gasteiger partial charge in [-0.3, -0.25) is 4.99 Å². The van der Waals surface area contributed by atoms with Gasteiger partial charge in [0, 0.05) is 11.9 Å². The van der Waals surface area contributed by atoms with E-state index in [2.05, 4.69) is 37.9 Å². The van der Waals surface area contributed by atoms with Crippen LogP contribution in [0.25, 0.3) is 0 Å². The van der Waals surface area contributed by atoms with Crippen molar-refractivity contribution in [1.29, 1.82) is 0 Å². The van der Waals surface area contributed by atoms with Crippen molar-refractivity contribution >= 4 is 5.71 Å². The Morgan fingerprint density at radius 1 is 1.20 bits per heavy atom. The van der Waals surface area contributed by atoms with E-state index >= 15 is 0 Å². The fourth-order valence-electron chi connectivity index (χ4n) is 1.36. The Kier molecular flexibility index (Phi) is 7.61. The first-order valence-electron chi connectivity index (χ1n) is 5.68. The van der Waals surface area contributed by atoms with Crippen LogP contribution in [-0.4, -0.2) is 5.71 Å². The van der Waals surface area contributed by atoms with Crippen LogP contribution in [0.4, 0.5) is 0 Å². The minimum Gasteiger partial charge on any atom is -0.261 e. The SMILES string of the molecule is C\C=C/C=C(\C(CC)=N/C=C\C)C(C)C. The van der Waals surface area contributed by atoms with Gasteiger partial charge in [-0.05, 0) is 31.8 Å². The Morgan fingerprint density at radius 3 is 2.27 bits per heavy atom. The molecule has 0 aliphatic carbocycles. The van der Waals surface area contributed by atoms with E-state index in [9.17, 15) is 0 Å². The summed E-state index contributed by atoms with van der Waals surface area (Å²) in [4.78, 5) is 4.47. The molecule has 0 N–H and O–H groups in total. The molecular weight excluding hydrogens is 182 g/mol. The van der Waals surface area contributed by atoms with E-state index in [4.69, 9.17) is 0 Å². The van der Waals surface area contributed by atoms with E-state index < -0.39 is 0 Å². The van der Waals surface area contributed by atoms with Crippen LogP contribution in [-0.2, 0) is 0 Å². The fraction of sp³-hybridized carbons (Fsp3) is 0.500. The molecule has 0 aliphatic heterocycles. The van der Waals surface area contributed by atoms with Crippen molar-refractivity contribution < 1.29 is 0 Å². The number of nitrogens with zero attached hydrogens (tertiary/aromatic N) is 1. The van der Waals surface area contributed by atoms with Gasteiger partial charge in [0.2, 0.25) is 0 Å². The van der Waals surface area contributed by atoms with Gasteiger partial charge in [-0.1, -0.05) is 45.1 Å². The summed E-state index contributed by atoms with van der Waals surface area (Å²) in [7, 11) is 0. The predicted octanol–water partition coefficient (Wildman–Crippen LogP) is 4.53. The number of hydrogen-bond acceptors (Lipinski definition) is 1. The average molecular weight is 205 g/mol. The maximum atomic E-state index is 4.47. The Hall–Kier alpha value is -1.11. The normalized spacial score (nSPS) is 14.8. The third-order valence-electron chi connectivity index (χ3n) is 2.14. The van der Waals surface area contributed by atoms with Gasteiger partial charge in [0.25, 0.3) is 0 Å². The van der Waals surface area contributed by atoms with Crippen molar-refractivity contribution in [3.05, 3.63) is 36.1 Å². The number of hydrogen-bond donors (Lipinski definition) is 0. The molecule has 0 radical (unpaired) electrons. The lowest BCUT2D eigenvalue weighted by atomic mass is 9.96. The highest BCUT2D eigenvalue weighted by molar-refractivity contribution is 6.00. The minimum atomic E-state index is 0.519. The van der Waals surface area contributed by atoms with Crippen LogP contribution in [0, 0.1) is 5.92 Å². The standard InChI is InChI=1S/C14H23N/c1-6-9-10-13(12(4)5)14(8-3)15-11-7-2/h6-7,9-12H,8H2,1-5H3/b9-6-,11-7-,13-10-,15-14-. The molecule has 0 amide bonds. The predicted molar refractivity (Wildman–Crippen MR) is 70.3 cm³/mol. The minimum absolute atomic E-state index is 0.519. The molecule has 0 rings (SSSR count). The van der Waals surface area contributed by atoms with Crippen LogP contribution in [0.1, 0.15) is 41.0 Å². The third-order valence-corrected chi connectivity index (χ3v) is 2.14. The summed E-state index contributed by atoms with van der Waals surface area (Å²) in [5, 5.41) is 0. The maximum Gasteiger partial charge on any atom is 0.0435 e. The molecular formula is C14H23N. The molecule has 0 atom stereocenters. The molecule has 0 heterocycles. The molecule has 0 aromatic carbocycles. The number of aliphatic imine (C=N–C) groups is 1. The summed E-state index contributed by atoms with van der Waals surface area (Å²) >= 11 is 0. The van der Waals surface area contributed by atoms with E-state index in [1.807, 2.05) is 32.2 Å². The molecule has 0 bridgehead atoms. The third kappa shape index (κ3) is 5.36. The van der Waals surface area contributed by atoms with Crippen molar-refractivity contribution in [1.82, 2.24) is 0 Å². The maximum absolute atomic E-state index is 4.47. The van der Waals surface area contributed by atoms with E-state index in [0.29, 0.717) is 5.92 Å². The molecule has 84 valence electrons. The lowest BCUT2D eigenvalue weighted by Crippen LogP contribution is -2.07. The van der Waals surface area contributed by atoms with Crippen LogP contribution in [0.5, 0.6) is 0 Å². The first kappa shape index (κ1) is 13.9. The van der Waals surface area contributed by atoms with Gasteiger partial charge in [0.05, 0.1) is 0 Å². The van der Waals surface area contributed by atoms with E-state index in [1.165, 1.54) is 11.3 Å². The monoisotopic (exact) mass is 205 g/mol. The summed E-state index contributed by atoms with van der Waals surface area (Å²) in [5.74, 6) is 0.519. The van der Waals surface area contributed by atoms with Gasteiger partial charge >= 0.3 is 0 Å². The topological polar surface area (TPSA) is 12.4 Å². The zero-order valence-electron chi connectivity index (χ0n) is 10.6. The Balaban J connectivity index is 5.03. The molecule has 0 unspecified atom stereocenters. The van der Waals surface area contributed by atoms with Crippen molar-refractivity contribution in [3.8, 4) is 0 Å². The van der Waals surface area contributed by atoms with E-state index in [1.54, 1.807) is 0 Å². The molecule has 15 heavy (non-hydrogen) atoms. The first-order valence-corrected chi connectivity index (χ1v) is 5.68. The molecule has 0 saturated heterocycles. The lowest BCUT2D eigenvalue weighted by molar-refractivity contribution is 0.798. The van der Waals surface area contributed by atoms with Crippen molar-refractivity contribution in [3.63, 3.8) is 0 Å². The van der Waals surface area contributed by atoms with Crippen LogP contribution >= 0.6 is 0 Å². The average Bonchev–Trinajstić information content (AvgIpc) is 2.22. The van der Waals surface area contributed by atoms with Crippen molar-refractivity contribution in [2.24, 2.45) is 10.9 Å². The van der Waals surface area contributed by atoms with Gasteiger partial charge < -0.3 is 0 Å². The van der Waals surface area contributed by atoms with Crippen LogP contribution in [0.3, 0.4) is 0 Å². The highest BCUT2D eigenvalue weighted by Crippen LogP contribution is 2.14. The summed E-state index contributed by atoms with van der Waals surface area (Å²) in [6, 6.07) is 0. The first-order chi connectivity index (χ1) is 7.17. The highest BCUT2D eigenvalue weighted by atomic mass is 14.7. The van der Waals surface area contributed by atoms with Gasteiger partial charge in [0.1, 0.15) is 0 Å². The summed E-state index contributed by atoms with van der Waals surface area (Å²) in [6.45, 7) is 10.6. The lowest BCUT2D eigenvalue weighted by Gasteiger charge is -2.11. The molecule has 0 aromatic rings. The van der Waals surface area contributed by atoms with Crippen LogP contribution in [0.2, 0.25) is 0 Å². The Bertz CT molecular complexity index is 278. The zero-order valence-corrected chi connectivity index (χ0v) is 10.6. The van der Waals surface area contributed by atoms with Gasteiger partial charge in [-0.2, -0.15) is 0 Å². The van der Waals surface area contributed by atoms with Crippen LogP contribution in [0.15, 0.2) is 41.1 Å². The molecule has 0 spiro atoms. The second-order valence-electron chi connectivity index (χ2n) is 3.71. The Morgan fingerprint density at radius 2 is 1.87 bits per heavy atom. The summed E-state index contributed by atoms with van der Waals surface area (Å²) in [6.07, 6.45) is 11.1. The van der Waals surface area contributed by atoms with E-state index in [-0.39, 0.29) is 0 Å². The Labute approximate surface area is 94.3 Å². The zero-order chi connectivity index (χ0) is 11.7. The molecule has 1 nitrogen and oxygen atoms in total.